The van der Waals surface area contributed by atoms with Crippen LogP contribution >= 0.6 is 11.6 Å². The van der Waals surface area contributed by atoms with Gasteiger partial charge < -0.3 is 30.5 Å². The van der Waals surface area contributed by atoms with Gasteiger partial charge in [-0.1, -0.05) is 13.3 Å². The first-order valence-corrected chi connectivity index (χ1v) is 10.1. The van der Waals surface area contributed by atoms with Crippen molar-refractivity contribution < 1.29 is 30.0 Å². The summed E-state index contributed by atoms with van der Waals surface area (Å²) in [5, 5.41) is 42.3. The lowest BCUT2D eigenvalue weighted by molar-refractivity contribution is -0.286. The van der Waals surface area contributed by atoms with Gasteiger partial charge in [-0.25, -0.2) is 0 Å². The van der Waals surface area contributed by atoms with Gasteiger partial charge in [0.2, 0.25) is 5.91 Å². The molecule has 9 heteroatoms. The van der Waals surface area contributed by atoms with Crippen molar-refractivity contribution in [3.63, 3.8) is 0 Å². The van der Waals surface area contributed by atoms with E-state index in [4.69, 9.17) is 16.3 Å². The number of amides is 1. The third kappa shape index (κ3) is 5.53. The van der Waals surface area contributed by atoms with Crippen molar-refractivity contribution in [1.82, 2.24) is 10.2 Å². The van der Waals surface area contributed by atoms with Gasteiger partial charge in [0.15, 0.2) is 6.29 Å². The molecule has 8 nitrogen and oxygen atoms in total. The van der Waals surface area contributed by atoms with Gasteiger partial charge in [0.1, 0.15) is 24.4 Å². The fourth-order valence-electron chi connectivity index (χ4n) is 4.15. The van der Waals surface area contributed by atoms with Crippen molar-refractivity contribution in [2.24, 2.45) is 5.92 Å². The number of hydrogen-bond acceptors (Lipinski definition) is 7. The van der Waals surface area contributed by atoms with Gasteiger partial charge >= 0.3 is 0 Å². The summed E-state index contributed by atoms with van der Waals surface area (Å²) in [7, 11) is 1.91. The van der Waals surface area contributed by atoms with Crippen LogP contribution in [0.15, 0.2) is 0 Å². The van der Waals surface area contributed by atoms with Crippen LogP contribution in [-0.2, 0) is 9.53 Å². The Balaban J connectivity index is 2.09. The summed E-state index contributed by atoms with van der Waals surface area (Å²) >= 11 is 6.10. The summed E-state index contributed by atoms with van der Waals surface area (Å²) in [5.74, 6) is 0.279. The van der Waals surface area contributed by atoms with E-state index < -0.39 is 36.7 Å². The van der Waals surface area contributed by atoms with Crippen molar-refractivity contribution in [2.75, 3.05) is 13.6 Å². The third-order valence-corrected chi connectivity index (χ3v) is 5.74. The highest BCUT2D eigenvalue weighted by atomic mass is 35.5. The zero-order valence-electron chi connectivity index (χ0n) is 16.2. The molecular weight excluding hydrogens is 376 g/mol. The van der Waals surface area contributed by atoms with Gasteiger partial charge in [-0.2, -0.15) is 0 Å². The first-order valence-electron chi connectivity index (χ1n) is 9.68. The largest absolute Gasteiger partial charge is 0.388 e. The van der Waals surface area contributed by atoms with Crippen molar-refractivity contribution in [3.05, 3.63) is 0 Å². The number of nitrogens with zero attached hydrogens (tertiary/aromatic N) is 1. The number of likely N-dealkylation sites (N-methyl/N-ethyl adjacent to an activating group) is 1. The summed E-state index contributed by atoms with van der Waals surface area (Å²) < 4.78 is 5.30. The van der Waals surface area contributed by atoms with Gasteiger partial charge in [-0.05, 0) is 39.2 Å². The van der Waals surface area contributed by atoms with Crippen LogP contribution in [0.5, 0.6) is 0 Å². The maximum absolute atomic E-state index is 12.9. The molecule has 27 heavy (non-hydrogen) atoms. The summed E-state index contributed by atoms with van der Waals surface area (Å²) in [6.07, 6.45) is -4.21. The number of aliphatic hydroxyl groups is 4. The summed E-state index contributed by atoms with van der Waals surface area (Å²) in [6.45, 7) is 4.73. The number of halogens is 1. The predicted octanol–water partition coefficient (Wildman–Crippen LogP) is -0.591. The molecule has 1 amide bonds. The molecule has 0 saturated carbocycles. The number of likely N-dealkylation sites (tertiary alicyclic amines) is 1. The number of nitrogens with one attached hydrogen (secondary N) is 1. The number of carbonyl (C=O) groups excluding carboxylic acids is 1. The van der Waals surface area contributed by atoms with Crippen LogP contribution in [0.2, 0.25) is 0 Å². The normalized spacial score (nSPS) is 39.9. The van der Waals surface area contributed by atoms with Crippen molar-refractivity contribution >= 4 is 17.5 Å². The molecule has 9 atom stereocenters. The van der Waals surface area contributed by atoms with Crippen LogP contribution in [0, 0.1) is 5.92 Å². The first kappa shape index (κ1) is 22.8. The van der Waals surface area contributed by atoms with Crippen LogP contribution in [-0.4, -0.2) is 93.0 Å². The van der Waals surface area contributed by atoms with Crippen LogP contribution in [0.3, 0.4) is 0 Å². The van der Waals surface area contributed by atoms with Crippen molar-refractivity contribution in [1.29, 1.82) is 0 Å². The molecule has 0 spiro atoms. The molecule has 0 aliphatic carbocycles. The van der Waals surface area contributed by atoms with Crippen LogP contribution in [0.1, 0.15) is 39.5 Å². The molecule has 2 saturated heterocycles. The minimum atomic E-state index is -1.65. The summed E-state index contributed by atoms with van der Waals surface area (Å²) in [4.78, 5) is 14.9. The number of ether oxygens (including phenoxy) is 1. The van der Waals surface area contributed by atoms with E-state index in [-0.39, 0.29) is 23.7 Å². The fraction of sp³-hybridized carbons (Fsp3) is 0.944. The second kappa shape index (κ2) is 9.82. The Kier molecular flexibility index (Phi) is 8.30. The number of rotatable bonds is 7. The molecule has 0 aromatic rings. The Hall–Kier alpha value is -0.480. The van der Waals surface area contributed by atoms with E-state index in [0.717, 1.165) is 25.8 Å². The fourth-order valence-corrected chi connectivity index (χ4v) is 4.35. The standard InChI is InChI=1S/C18H33ClN2O6/c1-4-5-10-7-12(21(3)8-10)17(25)20-11(6-9(2)19)16-14(23)13(22)15(24)18(26)27-16/h9-16,18,22-24,26H,4-8H2,1-3H3,(H,20,25)/t9-,10+,11+,12-,13-,14+,15+,16+,18-/m0/s1. The average Bonchev–Trinajstić information content (AvgIpc) is 2.96. The van der Waals surface area contributed by atoms with E-state index in [1.807, 2.05) is 11.9 Å². The van der Waals surface area contributed by atoms with E-state index in [9.17, 15) is 25.2 Å². The molecule has 2 heterocycles. The number of hydrogen-bond donors (Lipinski definition) is 5. The lowest BCUT2D eigenvalue weighted by Crippen LogP contribution is -2.64. The van der Waals surface area contributed by atoms with E-state index in [1.54, 1.807) is 6.92 Å². The van der Waals surface area contributed by atoms with E-state index >= 15 is 0 Å². The van der Waals surface area contributed by atoms with Crippen molar-refractivity contribution in [2.45, 2.75) is 87.7 Å². The Morgan fingerprint density at radius 3 is 2.52 bits per heavy atom. The molecule has 0 aromatic heterocycles. The molecule has 2 fully saturated rings. The maximum atomic E-state index is 12.9. The van der Waals surface area contributed by atoms with E-state index in [2.05, 4.69) is 12.2 Å². The summed E-state index contributed by atoms with van der Waals surface area (Å²) in [6, 6.07) is -0.994. The SMILES string of the molecule is CCC[C@@H]1C[C@@H](C(=O)N[C@H](C[C@H](C)Cl)[C@H]2O[C@H](O)[C@H](O)[C@@H](O)[C@H]2O)N(C)C1. The smallest absolute Gasteiger partial charge is 0.237 e. The average molecular weight is 409 g/mol. The van der Waals surface area contributed by atoms with E-state index in [1.165, 1.54) is 0 Å². The zero-order chi connectivity index (χ0) is 20.3. The van der Waals surface area contributed by atoms with Crippen LogP contribution in [0.4, 0.5) is 0 Å². The molecule has 0 bridgehead atoms. The van der Waals surface area contributed by atoms with Gasteiger partial charge in [-0.3, -0.25) is 9.69 Å². The highest BCUT2D eigenvalue weighted by Gasteiger charge is 2.47. The van der Waals surface area contributed by atoms with Crippen molar-refractivity contribution in [3.8, 4) is 0 Å². The van der Waals surface area contributed by atoms with E-state index in [0.29, 0.717) is 5.92 Å². The molecule has 0 aromatic carbocycles. The Bertz CT molecular complexity index is 496. The second-order valence-electron chi connectivity index (χ2n) is 7.94. The zero-order valence-corrected chi connectivity index (χ0v) is 16.9. The minimum Gasteiger partial charge on any atom is -0.388 e. The molecule has 2 aliphatic heterocycles. The highest BCUT2D eigenvalue weighted by Crippen LogP contribution is 2.28. The monoisotopic (exact) mass is 408 g/mol. The Morgan fingerprint density at radius 2 is 1.93 bits per heavy atom. The van der Waals surface area contributed by atoms with Gasteiger partial charge in [0, 0.05) is 11.9 Å². The quantitative estimate of drug-likeness (QED) is 0.357. The number of alkyl halides is 1. The molecule has 158 valence electrons. The minimum absolute atomic E-state index is 0.190. The maximum Gasteiger partial charge on any atom is 0.237 e. The van der Waals surface area contributed by atoms with Gasteiger partial charge in [-0.15, -0.1) is 11.6 Å². The molecule has 0 unspecified atom stereocenters. The topological polar surface area (TPSA) is 122 Å². The van der Waals surface area contributed by atoms with Crippen LogP contribution < -0.4 is 5.32 Å². The molecule has 5 N–H and O–H groups in total. The second-order valence-corrected chi connectivity index (χ2v) is 8.69. The third-order valence-electron chi connectivity index (χ3n) is 5.56. The first-order chi connectivity index (χ1) is 12.6. The Morgan fingerprint density at radius 1 is 1.26 bits per heavy atom. The lowest BCUT2D eigenvalue weighted by atomic mass is 9.91. The lowest BCUT2D eigenvalue weighted by Gasteiger charge is -2.42. The summed E-state index contributed by atoms with van der Waals surface area (Å²) in [5.41, 5.74) is 0. The molecule has 0 radical (unpaired) electrons. The van der Waals surface area contributed by atoms with Gasteiger partial charge in [0.05, 0.1) is 12.1 Å². The number of carbonyl (C=O) groups is 1. The Labute approximate surface area is 165 Å². The molecule has 2 aliphatic rings. The molecular formula is C18H33ClN2O6. The molecule has 2 rings (SSSR count). The van der Waals surface area contributed by atoms with Gasteiger partial charge in [0.25, 0.3) is 0 Å². The number of aliphatic hydroxyl groups excluding tert-OH is 4. The predicted molar refractivity (Wildman–Crippen MR) is 100 cm³/mol. The van der Waals surface area contributed by atoms with Crippen LogP contribution in [0.25, 0.3) is 0 Å². The highest BCUT2D eigenvalue weighted by molar-refractivity contribution is 6.20.